The molecule has 0 aromatic heterocycles. The van der Waals surface area contributed by atoms with Crippen molar-refractivity contribution in [2.75, 3.05) is 25.4 Å². The lowest BCUT2D eigenvalue weighted by molar-refractivity contribution is 0.0526. The number of carbonyl (C=O) groups is 1. The first-order chi connectivity index (χ1) is 8.72. The third-order valence-electron chi connectivity index (χ3n) is 3.38. The Kier molecular flexibility index (Phi) is 4.20. The lowest BCUT2D eigenvalue weighted by Crippen LogP contribution is -2.27. The molecule has 3 N–H and O–H groups in total. The van der Waals surface area contributed by atoms with Crippen LogP contribution >= 0.6 is 0 Å². The molecule has 0 bridgehead atoms. The summed E-state index contributed by atoms with van der Waals surface area (Å²) in [4.78, 5) is 11.6. The molecule has 18 heavy (non-hydrogen) atoms. The second-order valence-corrected chi connectivity index (χ2v) is 4.59. The van der Waals surface area contributed by atoms with E-state index < -0.39 is 0 Å². The van der Waals surface area contributed by atoms with Crippen LogP contribution < -0.4 is 11.1 Å². The second kappa shape index (κ2) is 5.87. The maximum absolute atomic E-state index is 11.6. The van der Waals surface area contributed by atoms with Crippen LogP contribution in [0.4, 0.5) is 5.69 Å². The van der Waals surface area contributed by atoms with E-state index in [4.69, 9.17) is 10.5 Å². The summed E-state index contributed by atoms with van der Waals surface area (Å²) in [6.07, 6.45) is 2.20. The topological polar surface area (TPSA) is 64.3 Å². The van der Waals surface area contributed by atoms with Crippen LogP contribution in [0, 0.1) is 0 Å². The van der Waals surface area contributed by atoms with Crippen molar-refractivity contribution in [3.8, 4) is 0 Å². The lowest BCUT2D eigenvalue weighted by atomic mass is 9.88. The SMILES string of the molecule is CCOC(=O)c1ccc(C2CCNCC2)c(N)c1. The quantitative estimate of drug-likeness (QED) is 0.633. The van der Waals surface area contributed by atoms with Gasteiger partial charge in [0.25, 0.3) is 0 Å². The van der Waals surface area contributed by atoms with Crippen molar-refractivity contribution in [3.63, 3.8) is 0 Å². The van der Waals surface area contributed by atoms with Gasteiger partial charge < -0.3 is 15.8 Å². The molecule has 1 aromatic carbocycles. The molecule has 0 atom stereocenters. The average molecular weight is 248 g/mol. The van der Waals surface area contributed by atoms with E-state index in [0.717, 1.165) is 31.5 Å². The highest BCUT2D eigenvalue weighted by Crippen LogP contribution is 2.30. The van der Waals surface area contributed by atoms with Crippen molar-refractivity contribution < 1.29 is 9.53 Å². The summed E-state index contributed by atoms with van der Waals surface area (Å²) in [6.45, 7) is 4.24. The van der Waals surface area contributed by atoms with Gasteiger partial charge in [-0.05, 0) is 56.5 Å². The van der Waals surface area contributed by atoms with Crippen molar-refractivity contribution in [3.05, 3.63) is 29.3 Å². The minimum Gasteiger partial charge on any atom is -0.462 e. The van der Waals surface area contributed by atoms with Gasteiger partial charge in [-0.2, -0.15) is 0 Å². The summed E-state index contributed by atoms with van der Waals surface area (Å²) in [7, 11) is 0. The molecule has 1 heterocycles. The number of benzene rings is 1. The number of hydrogen-bond acceptors (Lipinski definition) is 4. The average Bonchev–Trinajstić information content (AvgIpc) is 2.40. The largest absolute Gasteiger partial charge is 0.462 e. The Balaban J connectivity index is 2.16. The number of nitrogens with two attached hydrogens (primary N) is 1. The first-order valence-electron chi connectivity index (χ1n) is 6.49. The van der Waals surface area contributed by atoms with Crippen molar-refractivity contribution in [2.45, 2.75) is 25.7 Å². The molecule has 1 fully saturated rings. The fraction of sp³-hybridized carbons (Fsp3) is 0.500. The molecule has 0 saturated carbocycles. The third-order valence-corrected chi connectivity index (χ3v) is 3.38. The molecule has 4 heteroatoms. The van der Waals surface area contributed by atoms with Crippen molar-refractivity contribution in [1.82, 2.24) is 5.32 Å². The maximum Gasteiger partial charge on any atom is 0.338 e. The van der Waals surface area contributed by atoms with E-state index in [1.165, 1.54) is 0 Å². The van der Waals surface area contributed by atoms with Crippen LogP contribution in [0.2, 0.25) is 0 Å². The fourth-order valence-electron chi connectivity index (χ4n) is 2.42. The van der Waals surface area contributed by atoms with Crippen LogP contribution in [0.15, 0.2) is 18.2 Å². The Bertz CT molecular complexity index is 426. The van der Waals surface area contributed by atoms with Gasteiger partial charge in [0.15, 0.2) is 0 Å². The molecule has 98 valence electrons. The summed E-state index contributed by atoms with van der Waals surface area (Å²) in [5.74, 6) is 0.198. The van der Waals surface area contributed by atoms with E-state index in [1.807, 2.05) is 12.1 Å². The number of ether oxygens (including phenoxy) is 1. The zero-order valence-corrected chi connectivity index (χ0v) is 10.7. The van der Waals surface area contributed by atoms with E-state index in [0.29, 0.717) is 23.8 Å². The van der Waals surface area contributed by atoms with Crippen molar-refractivity contribution in [1.29, 1.82) is 0 Å². The van der Waals surface area contributed by atoms with Crippen LogP contribution in [-0.2, 0) is 4.74 Å². The molecular weight excluding hydrogens is 228 g/mol. The van der Waals surface area contributed by atoms with Gasteiger partial charge in [-0.3, -0.25) is 0 Å². The lowest BCUT2D eigenvalue weighted by Gasteiger charge is -2.24. The molecule has 1 aromatic rings. The van der Waals surface area contributed by atoms with Gasteiger partial charge in [0.05, 0.1) is 12.2 Å². The second-order valence-electron chi connectivity index (χ2n) is 4.59. The highest BCUT2D eigenvalue weighted by atomic mass is 16.5. The van der Waals surface area contributed by atoms with E-state index in [-0.39, 0.29) is 5.97 Å². The van der Waals surface area contributed by atoms with Crippen LogP contribution in [0.3, 0.4) is 0 Å². The number of piperidine rings is 1. The van der Waals surface area contributed by atoms with Crippen molar-refractivity contribution in [2.24, 2.45) is 0 Å². The Morgan fingerprint density at radius 3 is 2.78 bits per heavy atom. The monoisotopic (exact) mass is 248 g/mol. The number of hydrogen-bond donors (Lipinski definition) is 2. The molecule has 1 aliphatic rings. The number of esters is 1. The Labute approximate surface area is 108 Å². The Morgan fingerprint density at radius 2 is 2.17 bits per heavy atom. The number of nitrogens with one attached hydrogen (secondary N) is 1. The molecular formula is C14H20N2O2. The predicted octanol–water partition coefficient (Wildman–Crippen LogP) is 1.91. The zero-order valence-electron chi connectivity index (χ0n) is 10.7. The molecule has 1 saturated heterocycles. The summed E-state index contributed by atoms with van der Waals surface area (Å²) >= 11 is 0. The molecule has 0 unspecified atom stereocenters. The number of anilines is 1. The summed E-state index contributed by atoms with van der Waals surface area (Å²) in [5.41, 5.74) is 8.45. The van der Waals surface area contributed by atoms with E-state index in [2.05, 4.69) is 5.32 Å². The van der Waals surface area contributed by atoms with Gasteiger partial charge in [-0.25, -0.2) is 4.79 Å². The summed E-state index contributed by atoms with van der Waals surface area (Å²) in [5, 5.41) is 3.34. The predicted molar refractivity (Wildman–Crippen MR) is 71.7 cm³/mol. The number of carbonyl (C=O) groups excluding carboxylic acids is 1. The number of rotatable bonds is 3. The molecule has 0 amide bonds. The highest BCUT2D eigenvalue weighted by Gasteiger charge is 2.18. The van der Waals surface area contributed by atoms with Crippen LogP contribution in [0.1, 0.15) is 41.6 Å². The highest BCUT2D eigenvalue weighted by molar-refractivity contribution is 5.90. The first-order valence-corrected chi connectivity index (χ1v) is 6.49. The van der Waals surface area contributed by atoms with Gasteiger partial charge in [-0.15, -0.1) is 0 Å². The Hall–Kier alpha value is -1.55. The molecule has 0 aliphatic carbocycles. The number of nitrogen functional groups attached to an aromatic ring is 1. The molecule has 0 radical (unpaired) electrons. The first kappa shape index (κ1) is 12.9. The minimum atomic E-state index is -0.305. The standard InChI is InChI=1S/C14H20N2O2/c1-2-18-14(17)11-3-4-12(13(15)9-11)10-5-7-16-8-6-10/h3-4,9-10,16H,2,5-8,15H2,1H3. The smallest absolute Gasteiger partial charge is 0.338 e. The molecule has 1 aliphatic heterocycles. The van der Waals surface area contributed by atoms with E-state index in [9.17, 15) is 4.79 Å². The van der Waals surface area contributed by atoms with Gasteiger partial charge in [0.2, 0.25) is 0 Å². The minimum absolute atomic E-state index is 0.305. The summed E-state index contributed by atoms with van der Waals surface area (Å²) in [6, 6.07) is 5.51. The van der Waals surface area contributed by atoms with Crippen molar-refractivity contribution >= 4 is 11.7 Å². The van der Waals surface area contributed by atoms with Crippen LogP contribution in [0.5, 0.6) is 0 Å². The normalized spacial score (nSPS) is 16.5. The van der Waals surface area contributed by atoms with Gasteiger partial charge >= 0.3 is 5.97 Å². The van der Waals surface area contributed by atoms with Gasteiger partial charge in [0.1, 0.15) is 0 Å². The van der Waals surface area contributed by atoms with Gasteiger partial charge in [0, 0.05) is 5.69 Å². The molecule has 4 nitrogen and oxygen atoms in total. The third kappa shape index (κ3) is 2.82. The zero-order chi connectivity index (χ0) is 13.0. The molecule has 2 rings (SSSR count). The Morgan fingerprint density at radius 1 is 1.44 bits per heavy atom. The van der Waals surface area contributed by atoms with E-state index in [1.54, 1.807) is 13.0 Å². The van der Waals surface area contributed by atoms with Gasteiger partial charge in [-0.1, -0.05) is 6.07 Å². The van der Waals surface area contributed by atoms with Crippen LogP contribution in [0.25, 0.3) is 0 Å². The van der Waals surface area contributed by atoms with Crippen LogP contribution in [-0.4, -0.2) is 25.7 Å². The fourth-order valence-corrected chi connectivity index (χ4v) is 2.42. The van der Waals surface area contributed by atoms with E-state index >= 15 is 0 Å². The molecule has 0 spiro atoms. The maximum atomic E-state index is 11.6. The summed E-state index contributed by atoms with van der Waals surface area (Å²) < 4.78 is 4.96.